The molecule has 1 aromatic heterocycles. The fraction of sp³-hybridized carbons (Fsp3) is 0.474. The van der Waals surface area contributed by atoms with Crippen molar-refractivity contribution in [3.63, 3.8) is 0 Å². The first kappa shape index (κ1) is 19.1. The van der Waals surface area contributed by atoms with Gasteiger partial charge >= 0.3 is 0 Å². The third-order valence-corrected chi connectivity index (χ3v) is 4.56. The van der Waals surface area contributed by atoms with Gasteiger partial charge in [-0.05, 0) is 50.7 Å². The van der Waals surface area contributed by atoms with Crippen LogP contribution in [-0.2, 0) is 4.79 Å². The van der Waals surface area contributed by atoms with Crippen LogP contribution in [0, 0.1) is 11.8 Å². The zero-order chi connectivity index (χ0) is 18.4. The number of halogens is 2. The van der Waals surface area contributed by atoms with Gasteiger partial charge < -0.3 is 10.1 Å². The van der Waals surface area contributed by atoms with Crippen LogP contribution >= 0.6 is 0 Å². The summed E-state index contributed by atoms with van der Waals surface area (Å²) in [7, 11) is 1.52. The predicted octanol–water partition coefficient (Wildman–Crippen LogP) is 4.94. The van der Waals surface area contributed by atoms with E-state index >= 15 is 0 Å². The van der Waals surface area contributed by atoms with Crippen molar-refractivity contribution >= 4 is 17.7 Å². The van der Waals surface area contributed by atoms with E-state index in [1.807, 2.05) is 12.2 Å². The molecule has 0 unspecified atom stereocenters. The van der Waals surface area contributed by atoms with E-state index in [9.17, 15) is 13.6 Å². The molecule has 2 rings (SSSR count). The van der Waals surface area contributed by atoms with Crippen molar-refractivity contribution in [3.05, 3.63) is 36.6 Å². The van der Waals surface area contributed by atoms with E-state index in [0.717, 1.165) is 25.3 Å². The smallest absolute Gasteiger partial charge is 0.248 e. The first-order valence-corrected chi connectivity index (χ1v) is 8.37. The molecule has 0 saturated heterocycles. The van der Waals surface area contributed by atoms with Crippen LogP contribution in [0.15, 0.2) is 31.0 Å². The van der Waals surface area contributed by atoms with Crippen molar-refractivity contribution in [3.8, 4) is 5.88 Å². The van der Waals surface area contributed by atoms with Gasteiger partial charge in [0.05, 0.1) is 19.0 Å². The lowest BCUT2D eigenvalue weighted by molar-refractivity contribution is -0.111. The number of carbonyl (C=O) groups is 1. The van der Waals surface area contributed by atoms with Gasteiger partial charge in [-0.15, -0.1) is 0 Å². The number of carbonyl (C=O) groups excluding carboxylic acids is 1. The highest BCUT2D eigenvalue weighted by molar-refractivity contribution is 5.98. The van der Waals surface area contributed by atoms with E-state index in [-0.39, 0.29) is 13.3 Å². The van der Waals surface area contributed by atoms with Gasteiger partial charge in [-0.2, -0.15) is 0 Å². The number of ether oxygens (including phenoxy) is 1. The van der Waals surface area contributed by atoms with Crippen molar-refractivity contribution in [1.82, 2.24) is 4.98 Å². The van der Waals surface area contributed by atoms with Gasteiger partial charge in [0.1, 0.15) is 0 Å². The summed E-state index contributed by atoms with van der Waals surface area (Å²) in [6.45, 7) is 4.42. The van der Waals surface area contributed by atoms with Gasteiger partial charge in [-0.25, -0.2) is 13.8 Å². The monoisotopic (exact) mass is 352 g/mol. The molecule has 0 bridgehead atoms. The third kappa shape index (κ3) is 5.37. The summed E-state index contributed by atoms with van der Waals surface area (Å²) in [5.41, 5.74) is 1.27. The molecule has 1 aliphatic rings. The highest BCUT2D eigenvalue weighted by atomic mass is 19.3. The Morgan fingerprint density at radius 3 is 2.68 bits per heavy atom. The number of hydrogen-bond acceptors (Lipinski definition) is 3. The normalized spacial score (nSPS) is 21.1. The van der Waals surface area contributed by atoms with Crippen molar-refractivity contribution < 1.29 is 19.7 Å². The van der Waals surface area contributed by atoms with Crippen LogP contribution in [0.2, 0.25) is 0 Å². The summed E-state index contributed by atoms with van der Waals surface area (Å²) in [6.07, 6.45) is 9.13. The maximum Gasteiger partial charge on any atom is 0.248 e. The van der Waals surface area contributed by atoms with E-state index in [1.165, 1.54) is 19.4 Å². The van der Waals surface area contributed by atoms with Crippen molar-refractivity contribution in [1.29, 1.82) is 0 Å². The third-order valence-electron chi connectivity index (χ3n) is 4.56. The standard InChI is InChI=1S/C19H24F2N2O2.H2/c1-4-17(24)23-16-11-14(18(25-3)22-12-16)8-5-13-6-9-15(10-7-13)19(2,20)21;/h4-5,8,11-13,15H,1,6-7,9-10H2,2-3H3,(H,23,24);1H/b8-5+;. The topological polar surface area (TPSA) is 51.2 Å². The molecule has 1 amide bonds. The molecular formula is C19H26F2N2O2. The number of rotatable bonds is 6. The zero-order valence-corrected chi connectivity index (χ0v) is 14.6. The Balaban J connectivity index is 0.00000338. The number of pyridine rings is 1. The zero-order valence-electron chi connectivity index (χ0n) is 14.6. The van der Waals surface area contributed by atoms with Crippen LogP contribution in [-0.4, -0.2) is 23.9 Å². The lowest BCUT2D eigenvalue weighted by atomic mass is 9.79. The molecule has 1 saturated carbocycles. The van der Waals surface area contributed by atoms with Crippen molar-refractivity contribution in [2.75, 3.05) is 12.4 Å². The Morgan fingerprint density at radius 1 is 1.44 bits per heavy atom. The minimum atomic E-state index is -2.60. The molecule has 25 heavy (non-hydrogen) atoms. The number of nitrogens with one attached hydrogen (secondary N) is 1. The summed E-state index contributed by atoms with van der Waals surface area (Å²) in [5.74, 6) is -2.73. The first-order chi connectivity index (χ1) is 11.8. The predicted molar refractivity (Wildman–Crippen MR) is 96.8 cm³/mol. The highest BCUT2D eigenvalue weighted by Gasteiger charge is 2.36. The first-order valence-electron chi connectivity index (χ1n) is 8.37. The molecule has 1 N–H and O–H groups in total. The van der Waals surface area contributed by atoms with Gasteiger partial charge in [-0.1, -0.05) is 18.7 Å². The molecule has 0 spiro atoms. The molecule has 1 fully saturated rings. The summed E-state index contributed by atoms with van der Waals surface area (Å²) >= 11 is 0. The average Bonchev–Trinajstić information content (AvgIpc) is 2.59. The van der Waals surface area contributed by atoms with Gasteiger partial charge in [0.15, 0.2) is 0 Å². The van der Waals surface area contributed by atoms with Crippen LogP contribution in [0.1, 0.15) is 39.6 Å². The molecule has 138 valence electrons. The van der Waals surface area contributed by atoms with Crippen LogP contribution < -0.4 is 10.1 Å². The molecule has 1 heterocycles. The van der Waals surface area contributed by atoms with Crippen LogP contribution in [0.4, 0.5) is 14.5 Å². The van der Waals surface area contributed by atoms with Crippen LogP contribution in [0.3, 0.4) is 0 Å². The maximum atomic E-state index is 13.4. The quantitative estimate of drug-likeness (QED) is 0.738. The molecule has 0 aliphatic heterocycles. The van der Waals surface area contributed by atoms with E-state index < -0.39 is 11.8 Å². The number of amides is 1. The Hall–Kier alpha value is -2.24. The summed E-state index contributed by atoms with van der Waals surface area (Å²) in [4.78, 5) is 15.6. The summed E-state index contributed by atoms with van der Waals surface area (Å²) < 4.78 is 32.0. The molecule has 0 radical (unpaired) electrons. The number of methoxy groups -OCH3 is 1. The van der Waals surface area contributed by atoms with Gasteiger partial charge in [0, 0.05) is 12.9 Å². The second kappa shape index (κ2) is 8.23. The average molecular weight is 352 g/mol. The van der Waals surface area contributed by atoms with Crippen molar-refractivity contribution in [2.45, 2.75) is 38.5 Å². The lowest BCUT2D eigenvalue weighted by Crippen LogP contribution is -2.28. The Bertz CT molecular complexity index is 651. The fourth-order valence-corrected chi connectivity index (χ4v) is 3.08. The number of aromatic nitrogens is 1. The van der Waals surface area contributed by atoms with Gasteiger partial charge in [0.2, 0.25) is 17.7 Å². The van der Waals surface area contributed by atoms with E-state index in [2.05, 4.69) is 16.9 Å². The highest BCUT2D eigenvalue weighted by Crippen LogP contribution is 2.39. The minimum absolute atomic E-state index is 0. The SMILES string of the molecule is C=CC(=O)Nc1cnc(OC)c(/C=C/C2CCC(C(C)(F)F)CC2)c1.[HH]. The molecule has 1 aromatic rings. The number of hydrogen-bond donors (Lipinski definition) is 1. The number of alkyl halides is 2. The molecular weight excluding hydrogens is 326 g/mol. The molecule has 0 atom stereocenters. The number of nitrogens with zero attached hydrogens (tertiary/aromatic N) is 1. The maximum absolute atomic E-state index is 13.4. The van der Waals surface area contributed by atoms with Gasteiger partial charge in [0.25, 0.3) is 0 Å². The molecule has 4 nitrogen and oxygen atoms in total. The largest absolute Gasteiger partial charge is 0.481 e. The summed E-state index contributed by atoms with van der Waals surface area (Å²) in [5, 5.41) is 2.65. The van der Waals surface area contributed by atoms with E-state index in [4.69, 9.17) is 4.74 Å². The summed E-state index contributed by atoms with van der Waals surface area (Å²) in [6, 6.07) is 1.76. The number of anilines is 1. The van der Waals surface area contributed by atoms with Gasteiger partial charge in [-0.3, -0.25) is 4.79 Å². The van der Waals surface area contributed by atoms with Crippen LogP contribution in [0.5, 0.6) is 5.88 Å². The Labute approximate surface area is 148 Å². The minimum Gasteiger partial charge on any atom is -0.481 e. The fourth-order valence-electron chi connectivity index (χ4n) is 3.08. The molecule has 1 aliphatic carbocycles. The Kier molecular flexibility index (Phi) is 6.28. The van der Waals surface area contributed by atoms with E-state index in [1.54, 1.807) is 6.07 Å². The lowest BCUT2D eigenvalue weighted by Gasteiger charge is -2.30. The molecule has 6 heteroatoms. The molecule has 0 aromatic carbocycles. The Morgan fingerprint density at radius 2 is 2.12 bits per heavy atom. The second-order valence-electron chi connectivity index (χ2n) is 6.44. The van der Waals surface area contributed by atoms with E-state index in [0.29, 0.717) is 24.4 Å². The van der Waals surface area contributed by atoms with Crippen molar-refractivity contribution in [2.24, 2.45) is 11.8 Å². The second-order valence-corrected chi connectivity index (χ2v) is 6.44. The number of allylic oxidation sites excluding steroid dienone is 1. The van der Waals surface area contributed by atoms with Crippen LogP contribution in [0.25, 0.3) is 6.08 Å².